The van der Waals surface area contributed by atoms with Crippen LogP contribution in [0, 0.1) is 11.8 Å². The van der Waals surface area contributed by atoms with Gasteiger partial charge in [-0.25, -0.2) is 4.79 Å². The molecule has 5 N–H and O–H groups in total. The molecule has 3 aromatic rings. The van der Waals surface area contributed by atoms with E-state index >= 15 is 0 Å². The number of carbonyl (C=O) groups is 3. The summed E-state index contributed by atoms with van der Waals surface area (Å²) in [5.41, 5.74) is 0.0261. The van der Waals surface area contributed by atoms with Crippen LogP contribution in [0.1, 0.15) is 60.9 Å². The first-order valence-electron chi connectivity index (χ1n) is 15.5. The number of nitrogens with zero attached hydrogens (tertiary/aromatic N) is 3. The van der Waals surface area contributed by atoms with Crippen molar-refractivity contribution < 1.29 is 37.4 Å². The first kappa shape index (κ1) is 33.2. The van der Waals surface area contributed by atoms with Crippen molar-refractivity contribution in [2.24, 2.45) is 11.8 Å². The van der Waals surface area contributed by atoms with Crippen molar-refractivity contribution in [2.45, 2.75) is 62.2 Å². The van der Waals surface area contributed by atoms with Crippen LogP contribution in [0.4, 0.5) is 30.8 Å². The molecule has 2 amide bonds. The predicted molar refractivity (Wildman–Crippen MR) is 168 cm³/mol. The second kappa shape index (κ2) is 13.1. The topological polar surface area (TPSA) is 167 Å². The molecule has 3 saturated carbocycles. The lowest BCUT2D eigenvalue weighted by Crippen LogP contribution is -2.45. The minimum atomic E-state index is -4.60. The van der Waals surface area contributed by atoms with E-state index in [1.807, 2.05) is 12.1 Å². The Hall–Kier alpha value is -4.66. The highest BCUT2D eigenvalue weighted by atomic mass is 35.5. The van der Waals surface area contributed by atoms with Crippen molar-refractivity contribution in [2.75, 3.05) is 23.8 Å². The van der Waals surface area contributed by atoms with Gasteiger partial charge in [-0.2, -0.15) is 28.1 Å². The molecule has 0 spiro atoms. The standard InChI is InChI=1S/C32H33ClF3N7O5/c33-21-9-7-20(8-10-21)30(13-14-30)43-28-39-27(40-29(41-28)48-17-32(34,35)36)38-22-11-5-19(6-12-22)25(45)37-15-1-2-24(44)42-31(26(46)47)16-23(31)18-3-4-18/h5-12,18,23H,1-4,13-17H2,(H,37,45)(H,42,44)(H,46,47)(H2,38,39,40,41,43)/t23-,31+/m0/s1. The van der Waals surface area contributed by atoms with Gasteiger partial charge in [-0.1, -0.05) is 23.7 Å². The number of anilines is 3. The van der Waals surface area contributed by atoms with Gasteiger partial charge >= 0.3 is 18.2 Å². The zero-order chi connectivity index (χ0) is 34.1. The maximum Gasteiger partial charge on any atom is 0.422 e. The van der Waals surface area contributed by atoms with Crippen molar-refractivity contribution in [1.82, 2.24) is 25.6 Å². The number of amides is 2. The first-order chi connectivity index (χ1) is 22.8. The number of hydrogen-bond donors (Lipinski definition) is 5. The molecule has 0 radical (unpaired) electrons. The molecule has 0 unspecified atom stereocenters. The Morgan fingerprint density at radius 2 is 1.67 bits per heavy atom. The van der Waals surface area contributed by atoms with Crippen LogP contribution in [-0.4, -0.2) is 62.7 Å². The van der Waals surface area contributed by atoms with Gasteiger partial charge in [-0.05, 0) is 92.3 Å². The number of alkyl halides is 3. The smallest absolute Gasteiger partial charge is 0.422 e. The third-order valence-electron chi connectivity index (χ3n) is 8.70. The predicted octanol–water partition coefficient (Wildman–Crippen LogP) is 5.19. The molecule has 254 valence electrons. The number of aliphatic carboxylic acids is 1. The summed E-state index contributed by atoms with van der Waals surface area (Å²) in [7, 11) is 0. The van der Waals surface area contributed by atoms with Gasteiger partial charge in [-0.15, -0.1) is 0 Å². The van der Waals surface area contributed by atoms with Crippen molar-refractivity contribution in [3.63, 3.8) is 0 Å². The summed E-state index contributed by atoms with van der Waals surface area (Å²) in [6.07, 6.45) is -0.247. The molecule has 3 aliphatic rings. The van der Waals surface area contributed by atoms with Gasteiger partial charge in [0, 0.05) is 29.2 Å². The first-order valence-corrected chi connectivity index (χ1v) is 15.9. The highest BCUT2D eigenvalue weighted by molar-refractivity contribution is 6.30. The SMILES string of the molecule is O=C(CCCNC(=O)c1ccc(Nc2nc(NC3(c4ccc(Cl)cc4)CC3)nc(OCC(F)(F)F)n2)cc1)N[C@]1(C(=O)O)C[C@H]1C1CC1. The Kier molecular flexibility index (Phi) is 9.07. The lowest BCUT2D eigenvalue weighted by molar-refractivity contribution is -0.154. The van der Waals surface area contributed by atoms with Crippen LogP contribution < -0.4 is 26.0 Å². The molecule has 2 aromatic carbocycles. The van der Waals surface area contributed by atoms with Gasteiger partial charge in [0.15, 0.2) is 6.61 Å². The second-order valence-corrected chi connectivity index (χ2v) is 12.9. The number of carbonyl (C=O) groups excluding carboxylic acids is 2. The molecule has 16 heteroatoms. The number of carboxylic acids is 1. The van der Waals surface area contributed by atoms with Crippen LogP contribution in [0.5, 0.6) is 6.01 Å². The fraction of sp³-hybridized carbons (Fsp3) is 0.438. The number of ether oxygens (including phenoxy) is 1. The van der Waals surface area contributed by atoms with Gasteiger partial charge in [0.05, 0.1) is 5.54 Å². The molecule has 0 bridgehead atoms. The molecule has 48 heavy (non-hydrogen) atoms. The average Bonchev–Trinajstić information content (AvgIpc) is 3.91. The normalized spacial score (nSPS) is 20.7. The van der Waals surface area contributed by atoms with Gasteiger partial charge in [0.2, 0.25) is 17.8 Å². The maximum atomic E-state index is 12.9. The van der Waals surface area contributed by atoms with Crippen LogP contribution >= 0.6 is 11.6 Å². The molecule has 1 aromatic heterocycles. The second-order valence-electron chi connectivity index (χ2n) is 12.4. The number of carboxylic acid groups (broad SMARTS) is 1. The quantitative estimate of drug-likeness (QED) is 0.134. The van der Waals surface area contributed by atoms with Crippen LogP contribution in [0.2, 0.25) is 5.02 Å². The molecular weight excluding hydrogens is 655 g/mol. The number of benzene rings is 2. The number of nitrogens with one attached hydrogen (secondary N) is 4. The third-order valence-corrected chi connectivity index (χ3v) is 8.95. The van der Waals surface area contributed by atoms with Crippen LogP contribution in [0.3, 0.4) is 0 Å². The lowest BCUT2D eigenvalue weighted by atomic mass is 10.1. The van der Waals surface area contributed by atoms with E-state index in [1.165, 1.54) is 12.1 Å². The molecule has 3 aliphatic carbocycles. The Labute approximate surface area is 278 Å². The van der Waals surface area contributed by atoms with Crippen molar-refractivity contribution in [3.05, 3.63) is 64.7 Å². The number of rotatable bonds is 15. The molecular formula is C32H33ClF3N7O5. The van der Waals surface area contributed by atoms with Crippen LogP contribution in [-0.2, 0) is 15.1 Å². The van der Waals surface area contributed by atoms with Crippen LogP contribution in [0.25, 0.3) is 0 Å². The van der Waals surface area contributed by atoms with E-state index < -0.39 is 35.8 Å². The molecule has 3 fully saturated rings. The summed E-state index contributed by atoms with van der Waals surface area (Å²) >= 11 is 6.02. The Bertz CT molecular complexity index is 1680. The van der Waals surface area contributed by atoms with Crippen molar-refractivity contribution in [1.29, 1.82) is 0 Å². The largest absolute Gasteiger partial charge is 0.479 e. The Morgan fingerprint density at radius 3 is 2.29 bits per heavy atom. The van der Waals surface area contributed by atoms with E-state index in [4.69, 9.17) is 16.3 Å². The summed E-state index contributed by atoms with van der Waals surface area (Å²) in [5.74, 6) is -1.42. The van der Waals surface area contributed by atoms with E-state index in [2.05, 4.69) is 36.2 Å². The highest BCUT2D eigenvalue weighted by Crippen LogP contribution is 2.57. The molecule has 1 heterocycles. The fourth-order valence-corrected chi connectivity index (χ4v) is 5.90. The van der Waals surface area contributed by atoms with Crippen molar-refractivity contribution in [3.8, 4) is 6.01 Å². The molecule has 12 nitrogen and oxygen atoms in total. The fourth-order valence-electron chi connectivity index (χ4n) is 5.77. The zero-order valence-electron chi connectivity index (χ0n) is 25.6. The molecule has 6 rings (SSSR count). The molecule has 2 atom stereocenters. The Balaban J connectivity index is 1.03. The third kappa shape index (κ3) is 8.06. The van der Waals surface area contributed by atoms with E-state index in [0.717, 1.165) is 31.2 Å². The highest BCUT2D eigenvalue weighted by Gasteiger charge is 2.66. The summed E-state index contributed by atoms with van der Waals surface area (Å²) in [5, 5.41) is 21.7. The minimum Gasteiger partial charge on any atom is -0.479 e. The van der Waals surface area contributed by atoms with E-state index in [-0.39, 0.29) is 42.6 Å². The summed E-state index contributed by atoms with van der Waals surface area (Å²) < 4.78 is 43.5. The zero-order valence-corrected chi connectivity index (χ0v) is 26.3. The monoisotopic (exact) mass is 687 g/mol. The summed E-state index contributed by atoms with van der Waals surface area (Å²) in [6.45, 7) is -1.38. The average molecular weight is 688 g/mol. The van der Waals surface area contributed by atoms with Gasteiger partial charge in [-0.3, -0.25) is 9.59 Å². The van der Waals surface area contributed by atoms with E-state index in [9.17, 15) is 32.7 Å². The molecule has 0 aliphatic heterocycles. The number of aromatic nitrogens is 3. The van der Waals surface area contributed by atoms with Gasteiger partial charge < -0.3 is 31.1 Å². The van der Waals surface area contributed by atoms with E-state index in [0.29, 0.717) is 35.0 Å². The summed E-state index contributed by atoms with van der Waals surface area (Å²) in [4.78, 5) is 49.1. The number of halogens is 4. The Morgan fingerprint density at radius 1 is 0.979 bits per heavy atom. The molecule has 0 saturated heterocycles. The minimum absolute atomic E-state index is 0.000295. The summed E-state index contributed by atoms with van der Waals surface area (Å²) in [6, 6.07) is 12.9. The van der Waals surface area contributed by atoms with Gasteiger partial charge in [0.25, 0.3) is 5.91 Å². The number of hydrogen-bond acceptors (Lipinski definition) is 9. The van der Waals surface area contributed by atoms with Gasteiger partial charge in [0.1, 0.15) is 5.54 Å². The lowest BCUT2D eigenvalue weighted by Gasteiger charge is -2.19. The van der Waals surface area contributed by atoms with Crippen molar-refractivity contribution >= 4 is 47.0 Å². The van der Waals surface area contributed by atoms with Crippen LogP contribution in [0.15, 0.2) is 48.5 Å². The maximum absolute atomic E-state index is 12.9. The van der Waals surface area contributed by atoms with E-state index in [1.54, 1.807) is 24.3 Å².